The second-order valence-electron chi connectivity index (χ2n) is 4.25. The lowest BCUT2D eigenvalue weighted by Crippen LogP contribution is -2.10. The van der Waals surface area contributed by atoms with Gasteiger partial charge in [0, 0.05) is 23.8 Å². The number of aryl methyl sites for hydroxylation is 1. The molecule has 0 spiro atoms. The molecule has 0 aliphatic heterocycles. The van der Waals surface area contributed by atoms with Crippen LogP contribution in [0.5, 0.6) is 0 Å². The van der Waals surface area contributed by atoms with Gasteiger partial charge in [-0.3, -0.25) is 4.98 Å². The molecule has 3 nitrogen and oxygen atoms in total. The minimum atomic E-state index is -4.56. The summed E-state index contributed by atoms with van der Waals surface area (Å²) >= 11 is 1.11. The third-order valence-corrected chi connectivity index (χ3v) is 3.70. The first-order chi connectivity index (χ1) is 9.91. The molecule has 108 valence electrons. The van der Waals surface area contributed by atoms with E-state index in [1.165, 1.54) is 6.92 Å². The van der Waals surface area contributed by atoms with Crippen molar-refractivity contribution in [1.29, 1.82) is 5.26 Å². The number of rotatable bonds is 3. The Morgan fingerprint density at radius 2 is 1.95 bits per heavy atom. The van der Waals surface area contributed by atoms with Gasteiger partial charge in [0.2, 0.25) is 0 Å². The maximum Gasteiger partial charge on any atom is 0.417 e. The van der Waals surface area contributed by atoms with Gasteiger partial charge in [0.05, 0.1) is 11.1 Å². The third kappa shape index (κ3) is 3.73. The highest BCUT2D eigenvalue weighted by atomic mass is 32.2. The van der Waals surface area contributed by atoms with E-state index in [0.717, 1.165) is 23.4 Å². The summed E-state index contributed by atoms with van der Waals surface area (Å²) < 4.78 is 38.9. The molecule has 0 unspecified atom stereocenters. The molecule has 7 heteroatoms. The van der Waals surface area contributed by atoms with Gasteiger partial charge in [-0.05, 0) is 30.7 Å². The van der Waals surface area contributed by atoms with Crippen LogP contribution in [0.15, 0.2) is 35.6 Å². The zero-order valence-electron chi connectivity index (χ0n) is 11.0. The van der Waals surface area contributed by atoms with Gasteiger partial charge in [-0.1, -0.05) is 0 Å². The first kappa shape index (κ1) is 15.3. The topological polar surface area (TPSA) is 49.6 Å². The zero-order valence-corrected chi connectivity index (χ0v) is 11.8. The van der Waals surface area contributed by atoms with E-state index in [9.17, 15) is 13.2 Å². The van der Waals surface area contributed by atoms with Gasteiger partial charge < -0.3 is 0 Å². The van der Waals surface area contributed by atoms with Crippen LogP contribution in [0.1, 0.15) is 22.4 Å². The SMILES string of the molecule is Cc1cc(C(F)(F)F)c(C#N)c(SCc2ccncc2)n1. The molecule has 0 atom stereocenters. The van der Waals surface area contributed by atoms with E-state index in [0.29, 0.717) is 5.75 Å². The molecule has 0 saturated heterocycles. The molecule has 2 heterocycles. The summed E-state index contributed by atoms with van der Waals surface area (Å²) in [6.07, 6.45) is -1.36. The summed E-state index contributed by atoms with van der Waals surface area (Å²) in [5.74, 6) is 0.422. The van der Waals surface area contributed by atoms with Crippen LogP contribution in [-0.2, 0) is 11.9 Å². The Hall–Kier alpha value is -2.07. The van der Waals surface area contributed by atoms with Crippen LogP contribution in [0.3, 0.4) is 0 Å². The monoisotopic (exact) mass is 309 g/mol. The van der Waals surface area contributed by atoms with Gasteiger partial charge in [-0.15, -0.1) is 11.8 Å². The van der Waals surface area contributed by atoms with E-state index < -0.39 is 17.3 Å². The van der Waals surface area contributed by atoms with Crippen molar-refractivity contribution in [3.05, 3.63) is 53.0 Å². The van der Waals surface area contributed by atoms with E-state index >= 15 is 0 Å². The van der Waals surface area contributed by atoms with Gasteiger partial charge in [-0.2, -0.15) is 18.4 Å². The maximum absolute atomic E-state index is 13.0. The van der Waals surface area contributed by atoms with E-state index in [-0.39, 0.29) is 10.7 Å². The largest absolute Gasteiger partial charge is 0.417 e. The summed E-state index contributed by atoms with van der Waals surface area (Å²) in [7, 11) is 0. The summed E-state index contributed by atoms with van der Waals surface area (Å²) in [6, 6.07) is 6.04. The smallest absolute Gasteiger partial charge is 0.265 e. The van der Waals surface area contributed by atoms with Gasteiger partial charge in [0.15, 0.2) is 0 Å². The second-order valence-corrected chi connectivity index (χ2v) is 5.21. The first-order valence-corrected chi connectivity index (χ1v) is 6.91. The molecule has 0 bridgehead atoms. The van der Waals surface area contributed by atoms with Gasteiger partial charge in [0.1, 0.15) is 11.1 Å². The molecular formula is C14H10F3N3S. The number of alkyl halides is 3. The lowest BCUT2D eigenvalue weighted by Gasteiger charge is -2.12. The molecule has 0 amide bonds. The number of hydrogen-bond acceptors (Lipinski definition) is 4. The minimum Gasteiger partial charge on any atom is -0.265 e. The van der Waals surface area contributed by atoms with E-state index in [1.54, 1.807) is 30.6 Å². The molecule has 0 fully saturated rings. The second kappa shape index (κ2) is 6.14. The van der Waals surface area contributed by atoms with Crippen molar-refractivity contribution in [2.45, 2.75) is 23.9 Å². The van der Waals surface area contributed by atoms with Crippen LogP contribution < -0.4 is 0 Å². The summed E-state index contributed by atoms with van der Waals surface area (Å²) in [4.78, 5) is 7.93. The number of nitrogens with zero attached hydrogens (tertiary/aromatic N) is 3. The highest BCUT2D eigenvalue weighted by Gasteiger charge is 2.35. The predicted octanol–water partition coefficient (Wildman–Crippen LogP) is 3.97. The molecule has 2 aromatic heterocycles. The Balaban J connectivity index is 2.35. The van der Waals surface area contributed by atoms with Crippen molar-refractivity contribution in [2.75, 3.05) is 0 Å². The average Bonchev–Trinajstić information content (AvgIpc) is 2.44. The minimum absolute atomic E-state index is 0.0987. The van der Waals surface area contributed by atoms with Crippen molar-refractivity contribution in [3.63, 3.8) is 0 Å². The number of halogens is 3. The molecule has 0 aromatic carbocycles. The molecule has 21 heavy (non-hydrogen) atoms. The van der Waals surface area contributed by atoms with Crippen LogP contribution in [0.2, 0.25) is 0 Å². The van der Waals surface area contributed by atoms with Crippen LogP contribution in [0.4, 0.5) is 13.2 Å². The molecule has 2 rings (SSSR count). The molecule has 0 aliphatic carbocycles. The van der Waals surface area contributed by atoms with Crippen LogP contribution in [0.25, 0.3) is 0 Å². The standard InChI is InChI=1S/C14H10F3N3S/c1-9-6-12(14(15,16)17)11(7-18)13(20-9)21-8-10-2-4-19-5-3-10/h2-6H,8H2,1H3. The summed E-state index contributed by atoms with van der Waals surface area (Å²) in [6.45, 7) is 1.48. The Labute approximate surface area is 123 Å². The van der Waals surface area contributed by atoms with Crippen LogP contribution in [0, 0.1) is 18.3 Å². The van der Waals surface area contributed by atoms with Crippen molar-refractivity contribution in [3.8, 4) is 6.07 Å². The van der Waals surface area contributed by atoms with E-state index in [2.05, 4.69) is 9.97 Å². The fraction of sp³-hybridized carbons (Fsp3) is 0.214. The van der Waals surface area contributed by atoms with E-state index in [1.807, 2.05) is 0 Å². The van der Waals surface area contributed by atoms with Gasteiger partial charge >= 0.3 is 6.18 Å². The van der Waals surface area contributed by atoms with Crippen molar-refractivity contribution in [1.82, 2.24) is 9.97 Å². The highest BCUT2D eigenvalue weighted by molar-refractivity contribution is 7.98. The molecule has 0 N–H and O–H groups in total. The van der Waals surface area contributed by atoms with Crippen LogP contribution >= 0.6 is 11.8 Å². The average molecular weight is 309 g/mol. The van der Waals surface area contributed by atoms with Gasteiger partial charge in [-0.25, -0.2) is 4.98 Å². The third-order valence-electron chi connectivity index (χ3n) is 2.66. The Morgan fingerprint density at radius 1 is 1.29 bits per heavy atom. The summed E-state index contributed by atoms with van der Waals surface area (Å²) in [5, 5.41) is 9.14. The summed E-state index contributed by atoms with van der Waals surface area (Å²) in [5.41, 5.74) is -0.226. The number of hydrogen-bond donors (Lipinski definition) is 0. The van der Waals surface area contributed by atoms with Crippen molar-refractivity contribution in [2.24, 2.45) is 0 Å². The van der Waals surface area contributed by atoms with Gasteiger partial charge in [0.25, 0.3) is 0 Å². The fourth-order valence-corrected chi connectivity index (χ4v) is 2.72. The number of thioether (sulfide) groups is 1. The molecule has 0 radical (unpaired) electrons. The lowest BCUT2D eigenvalue weighted by molar-refractivity contribution is -0.138. The lowest BCUT2D eigenvalue weighted by atomic mass is 10.1. The number of aromatic nitrogens is 2. The fourth-order valence-electron chi connectivity index (χ4n) is 1.71. The number of pyridine rings is 2. The van der Waals surface area contributed by atoms with Crippen molar-refractivity contribution < 1.29 is 13.2 Å². The van der Waals surface area contributed by atoms with Crippen LogP contribution in [-0.4, -0.2) is 9.97 Å². The predicted molar refractivity (Wildman–Crippen MR) is 72.5 cm³/mol. The molecule has 0 saturated carbocycles. The quantitative estimate of drug-likeness (QED) is 0.805. The Morgan fingerprint density at radius 3 is 2.52 bits per heavy atom. The highest BCUT2D eigenvalue weighted by Crippen LogP contribution is 2.36. The molecule has 2 aromatic rings. The normalized spacial score (nSPS) is 11.2. The maximum atomic E-state index is 13.0. The molecular weight excluding hydrogens is 299 g/mol. The zero-order chi connectivity index (χ0) is 15.5. The first-order valence-electron chi connectivity index (χ1n) is 5.92. The Bertz CT molecular complexity index is 678. The van der Waals surface area contributed by atoms with Crippen molar-refractivity contribution >= 4 is 11.8 Å². The molecule has 0 aliphatic rings. The Kier molecular flexibility index (Phi) is 4.48. The van der Waals surface area contributed by atoms with E-state index in [4.69, 9.17) is 5.26 Å². The number of nitriles is 1.